The van der Waals surface area contributed by atoms with Crippen molar-refractivity contribution in [3.63, 3.8) is 0 Å². The van der Waals surface area contributed by atoms with E-state index in [1.54, 1.807) is 0 Å². The van der Waals surface area contributed by atoms with E-state index in [4.69, 9.17) is 0 Å². The molecule has 11 heavy (non-hydrogen) atoms. The van der Waals surface area contributed by atoms with E-state index < -0.39 is 0 Å². The van der Waals surface area contributed by atoms with Gasteiger partial charge in [-0.1, -0.05) is 34.1 Å². The minimum Gasteiger partial charge on any atom is -0.0649 e. The van der Waals surface area contributed by atoms with E-state index >= 15 is 0 Å². The van der Waals surface area contributed by atoms with Crippen LogP contribution < -0.4 is 0 Å². The van der Waals surface area contributed by atoms with E-state index in [1.807, 2.05) is 0 Å². The van der Waals surface area contributed by atoms with E-state index in [0.29, 0.717) is 5.41 Å². The Morgan fingerprint density at radius 1 is 1.18 bits per heavy atom. The Labute approximate surface area is 71.4 Å². The highest BCUT2D eigenvalue weighted by Crippen LogP contribution is 2.53. The molecule has 0 unspecified atom stereocenters. The SMILES string of the molecule is CCC1(CCC(C)(C)C)CC1. The van der Waals surface area contributed by atoms with Gasteiger partial charge in [0, 0.05) is 0 Å². The first-order chi connectivity index (χ1) is 4.97. The van der Waals surface area contributed by atoms with Crippen molar-refractivity contribution in [2.24, 2.45) is 10.8 Å². The summed E-state index contributed by atoms with van der Waals surface area (Å²) in [7, 11) is 0. The van der Waals surface area contributed by atoms with Gasteiger partial charge in [-0.2, -0.15) is 0 Å². The Morgan fingerprint density at radius 2 is 1.73 bits per heavy atom. The molecule has 0 nitrogen and oxygen atoms in total. The maximum atomic E-state index is 2.35. The van der Waals surface area contributed by atoms with E-state index in [1.165, 1.54) is 32.1 Å². The summed E-state index contributed by atoms with van der Waals surface area (Å²) in [6, 6.07) is 0. The molecule has 1 aliphatic carbocycles. The predicted octanol–water partition coefficient (Wildman–Crippen LogP) is 4.00. The summed E-state index contributed by atoms with van der Waals surface area (Å²) in [6.07, 6.45) is 7.27. The Kier molecular flexibility index (Phi) is 2.32. The fourth-order valence-electron chi connectivity index (χ4n) is 1.60. The molecule has 0 aromatic heterocycles. The fraction of sp³-hybridized carbons (Fsp3) is 1.00. The van der Waals surface area contributed by atoms with Crippen molar-refractivity contribution in [3.8, 4) is 0 Å². The third-order valence-corrected chi connectivity index (χ3v) is 3.11. The van der Waals surface area contributed by atoms with Gasteiger partial charge < -0.3 is 0 Å². The third kappa shape index (κ3) is 2.84. The standard InChI is InChI=1S/C11H22/c1-5-11(8-9-11)7-6-10(2,3)4/h5-9H2,1-4H3. The second-order valence-electron chi connectivity index (χ2n) is 5.41. The first-order valence-corrected chi connectivity index (χ1v) is 4.97. The van der Waals surface area contributed by atoms with Crippen LogP contribution in [0.15, 0.2) is 0 Å². The van der Waals surface area contributed by atoms with Crippen molar-refractivity contribution >= 4 is 0 Å². The second-order valence-corrected chi connectivity index (χ2v) is 5.41. The maximum Gasteiger partial charge on any atom is -0.0299 e. The Hall–Kier alpha value is 0. The normalized spacial score (nSPS) is 21.8. The number of hydrogen-bond acceptors (Lipinski definition) is 0. The lowest BCUT2D eigenvalue weighted by Gasteiger charge is -2.21. The van der Waals surface area contributed by atoms with E-state index in [9.17, 15) is 0 Å². The zero-order valence-electron chi connectivity index (χ0n) is 8.54. The first kappa shape index (κ1) is 9.09. The third-order valence-electron chi connectivity index (χ3n) is 3.11. The topological polar surface area (TPSA) is 0 Å². The fourth-order valence-corrected chi connectivity index (χ4v) is 1.60. The average molecular weight is 154 g/mol. The summed E-state index contributed by atoms with van der Waals surface area (Å²) in [4.78, 5) is 0. The van der Waals surface area contributed by atoms with Gasteiger partial charge in [0.25, 0.3) is 0 Å². The lowest BCUT2D eigenvalue weighted by atomic mass is 9.84. The van der Waals surface area contributed by atoms with Crippen LogP contribution in [0.4, 0.5) is 0 Å². The van der Waals surface area contributed by atoms with Gasteiger partial charge in [-0.15, -0.1) is 0 Å². The van der Waals surface area contributed by atoms with E-state index in [0.717, 1.165) is 5.41 Å². The van der Waals surface area contributed by atoms with Crippen LogP contribution in [0.25, 0.3) is 0 Å². The molecule has 0 atom stereocenters. The summed E-state index contributed by atoms with van der Waals surface area (Å²) in [5.74, 6) is 0. The molecule has 1 rings (SSSR count). The molecule has 0 spiro atoms. The minimum absolute atomic E-state index is 0.546. The second kappa shape index (κ2) is 2.80. The highest BCUT2D eigenvalue weighted by Gasteiger charge is 2.40. The molecule has 0 aromatic rings. The molecule has 0 bridgehead atoms. The first-order valence-electron chi connectivity index (χ1n) is 4.97. The summed E-state index contributed by atoms with van der Waals surface area (Å²) in [5, 5.41) is 0. The molecule has 0 heteroatoms. The van der Waals surface area contributed by atoms with Crippen LogP contribution in [0.2, 0.25) is 0 Å². The van der Waals surface area contributed by atoms with E-state index in [-0.39, 0.29) is 0 Å². The molecule has 0 saturated heterocycles. The molecule has 1 fully saturated rings. The van der Waals surface area contributed by atoms with Crippen LogP contribution in [0.1, 0.15) is 59.8 Å². The van der Waals surface area contributed by atoms with Gasteiger partial charge in [-0.05, 0) is 36.5 Å². The van der Waals surface area contributed by atoms with Gasteiger partial charge in [0.15, 0.2) is 0 Å². The average Bonchev–Trinajstić information content (AvgIpc) is 2.63. The van der Waals surface area contributed by atoms with Crippen LogP contribution in [0.3, 0.4) is 0 Å². The van der Waals surface area contributed by atoms with Crippen LogP contribution in [0, 0.1) is 10.8 Å². The summed E-state index contributed by atoms with van der Waals surface area (Å²) in [6.45, 7) is 9.38. The van der Waals surface area contributed by atoms with Crippen LogP contribution in [-0.2, 0) is 0 Å². The molecular weight excluding hydrogens is 132 g/mol. The maximum absolute atomic E-state index is 2.35. The Morgan fingerprint density at radius 3 is 2.00 bits per heavy atom. The van der Waals surface area contributed by atoms with Gasteiger partial charge in [-0.25, -0.2) is 0 Å². The quantitative estimate of drug-likeness (QED) is 0.576. The lowest BCUT2D eigenvalue weighted by Crippen LogP contribution is -2.09. The molecule has 1 aliphatic rings. The van der Waals surface area contributed by atoms with Crippen LogP contribution >= 0.6 is 0 Å². The monoisotopic (exact) mass is 154 g/mol. The van der Waals surface area contributed by atoms with Crippen molar-refractivity contribution in [2.75, 3.05) is 0 Å². The highest BCUT2D eigenvalue weighted by molar-refractivity contribution is 4.92. The molecule has 0 aliphatic heterocycles. The molecule has 0 N–H and O–H groups in total. The van der Waals surface area contributed by atoms with Crippen molar-refractivity contribution in [1.29, 1.82) is 0 Å². The lowest BCUT2D eigenvalue weighted by molar-refractivity contribution is 0.306. The molecule has 0 aromatic carbocycles. The molecule has 0 radical (unpaired) electrons. The van der Waals surface area contributed by atoms with Gasteiger partial charge >= 0.3 is 0 Å². The minimum atomic E-state index is 0.546. The molecule has 1 saturated carbocycles. The van der Waals surface area contributed by atoms with Gasteiger partial charge in [-0.3, -0.25) is 0 Å². The summed E-state index contributed by atoms with van der Waals surface area (Å²) >= 11 is 0. The number of hydrogen-bond donors (Lipinski definition) is 0. The van der Waals surface area contributed by atoms with Crippen molar-refractivity contribution in [1.82, 2.24) is 0 Å². The largest absolute Gasteiger partial charge is 0.0649 e. The van der Waals surface area contributed by atoms with Gasteiger partial charge in [0.05, 0.1) is 0 Å². The van der Waals surface area contributed by atoms with E-state index in [2.05, 4.69) is 27.7 Å². The predicted molar refractivity (Wildman–Crippen MR) is 50.6 cm³/mol. The zero-order valence-corrected chi connectivity index (χ0v) is 8.54. The molecule has 66 valence electrons. The summed E-state index contributed by atoms with van der Waals surface area (Å²) < 4.78 is 0. The molecule has 0 heterocycles. The van der Waals surface area contributed by atoms with Crippen LogP contribution in [0.5, 0.6) is 0 Å². The Balaban J connectivity index is 2.22. The zero-order chi connectivity index (χ0) is 8.54. The van der Waals surface area contributed by atoms with Gasteiger partial charge in [0.1, 0.15) is 0 Å². The number of rotatable bonds is 3. The van der Waals surface area contributed by atoms with Crippen molar-refractivity contribution in [2.45, 2.75) is 59.8 Å². The van der Waals surface area contributed by atoms with Crippen LogP contribution in [-0.4, -0.2) is 0 Å². The van der Waals surface area contributed by atoms with Crippen molar-refractivity contribution in [3.05, 3.63) is 0 Å². The smallest absolute Gasteiger partial charge is 0.0299 e. The Bertz CT molecular complexity index is 123. The van der Waals surface area contributed by atoms with Gasteiger partial charge in [0.2, 0.25) is 0 Å². The highest BCUT2D eigenvalue weighted by atomic mass is 14.5. The summed E-state index contributed by atoms with van der Waals surface area (Å²) in [5.41, 5.74) is 1.35. The molecule has 0 amide bonds. The molecular formula is C11H22. The van der Waals surface area contributed by atoms with Crippen molar-refractivity contribution < 1.29 is 0 Å².